The van der Waals surface area contributed by atoms with Gasteiger partial charge in [-0.1, -0.05) is 36.4 Å². The first-order chi connectivity index (χ1) is 17.3. The van der Waals surface area contributed by atoms with Gasteiger partial charge in [0, 0.05) is 18.0 Å². The van der Waals surface area contributed by atoms with E-state index in [1.165, 1.54) is 6.92 Å². The molecule has 0 saturated carbocycles. The summed E-state index contributed by atoms with van der Waals surface area (Å²) >= 11 is 0. The van der Waals surface area contributed by atoms with E-state index in [1.807, 2.05) is 57.2 Å². The van der Waals surface area contributed by atoms with E-state index >= 15 is 0 Å². The lowest BCUT2D eigenvalue weighted by Gasteiger charge is -2.31. The normalized spacial score (nSPS) is 12.7. The highest BCUT2D eigenvalue weighted by Gasteiger charge is 2.41. The SMILES string of the molecule is CC(=O)N(c1ccc(C)c(COc2cccc3ccc(C)nc23)c1C)N1C(=O)c2ccccc2C1=O. The molecule has 0 radical (unpaired) electrons. The lowest BCUT2D eigenvalue weighted by Crippen LogP contribution is -2.49. The molecule has 3 amide bonds. The van der Waals surface area contributed by atoms with Gasteiger partial charge in [0.05, 0.1) is 16.8 Å². The number of benzene rings is 3. The van der Waals surface area contributed by atoms with Crippen LogP contribution in [0.5, 0.6) is 5.75 Å². The highest BCUT2D eigenvalue weighted by atomic mass is 16.5. The Labute approximate surface area is 208 Å². The van der Waals surface area contributed by atoms with Crippen molar-refractivity contribution in [2.24, 2.45) is 0 Å². The number of aromatic nitrogens is 1. The largest absolute Gasteiger partial charge is 0.487 e. The molecule has 0 bridgehead atoms. The number of carbonyl (C=O) groups is 3. The standard InChI is InChI=1S/C29H25N3O4/c1-17-12-15-25(31(20(4)33)32-28(34)22-9-5-6-10-23(22)29(32)35)19(3)24(17)16-36-26-11-7-8-21-14-13-18(2)30-27(21)26/h5-15H,16H2,1-4H3. The third-order valence-corrected chi connectivity index (χ3v) is 6.50. The number of hydrazine groups is 1. The Hall–Kier alpha value is -4.52. The van der Waals surface area contributed by atoms with Gasteiger partial charge in [-0.25, -0.2) is 9.99 Å². The van der Waals surface area contributed by atoms with Crippen molar-refractivity contribution in [1.82, 2.24) is 9.99 Å². The molecule has 180 valence electrons. The Bertz CT molecular complexity index is 1520. The summed E-state index contributed by atoms with van der Waals surface area (Å²) in [6, 6.07) is 19.9. The molecule has 0 atom stereocenters. The van der Waals surface area contributed by atoms with Crippen molar-refractivity contribution in [3.63, 3.8) is 0 Å². The van der Waals surface area contributed by atoms with Crippen LogP contribution in [0.3, 0.4) is 0 Å². The molecule has 5 rings (SSSR count). The molecule has 0 saturated heterocycles. The van der Waals surface area contributed by atoms with Gasteiger partial charge >= 0.3 is 0 Å². The van der Waals surface area contributed by atoms with E-state index in [2.05, 4.69) is 4.98 Å². The first-order valence-electron chi connectivity index (χ1n) is 11.6. The first-order valence-corrected chi connectivity index (χ1v) is 11.6. The number of hydrogen-bond acceptors (Lipinski definition) is 5. The van der Waals surface area contributed by atoms with Crippen molar-refractivity contribution in [1.29, 1.82) is 0 Å². The van der Waals surface area contributed by atoms with Crippen LogP contribution in [-0.2, 0) is 11.4 Å². The Morgan fingerprint density at radius 3 is 2.25 bits per heavy atom. The number of amides is 3. The van der Waals surface area contributed by atoms with E-state index in [-0.39, 0.29) is 17.7 Å². The topological polar surface area (TPSA) is 79.8 Å². The number of carbonyl (C=O) groups excluding carboxylic acids is 3. The van der Waals surface area contributed by atoms with Crippen molar-refractivity contribution in [3.05, 3.63) is 100 Å². The average molecular weight is 480 g/mol. The predicted octanol–water partition coefficient (Wildman–Crippen LogP) is 5.30. The molecule has 1 aromatic heterocycles. The van der Waals surface area contributed by atoms with Crippen LogP contribution in [0.2, 0.25) is 0 Å². The molecule has 3 aromatic carbocycles. The molecule has 0 unspecified atom stereocenters. The van der Waals surface area contributed by atoms with Gasteiger partial charge in [0.2, 0.25) is 5.91 Å². The lowest BCUT2D eigenvalue weighted by molar-refractivity contribution is -0.118. The molecule has 7 nitrogen and oxygen atoms in total. The third kappa shape index (κ3) is 3.79. The number of para-hydroxylation sites is 1. The summed E-state index contributed by atoms with van der Waals surface area (Å²) in [5, 5.41) is 3.06. The van der Waals surface area contributed by atoms with Gasteiger partial charge in [-0.3, -0.25) is 14.4 Å². The number of pyridine rings is 1. The zero-order valence-electron chi connectivity index (χ0n) is 20.5. The van der Waals surface area contributed by atoms with E-state index in [0.29, 0.717) is 11.4 Å². The molecule has 0 N–H and O–H groups in total. The maximum atomic E-state index is 13.1. The van der Waals surface area contributed by atoms with Crippen LogP contribution >= 0.6 is 0 Å². The number of aryl methyl sites for hydroxylation is 2. The Balaban J connectivity index is 1.52. The van der Waals surface area contributed by atoms with Crippen molar-refractivity contribution in [2.75, 3.05) is 5.01 Å². The second-order valence-corrected chi connectivity index (χ2v) is 8.87. The predicted molar refractivity (Wildman–Crippen MR) is 137 cm³/mol. The molecule has 1 aliphatic rings. The summed E-state index contributed by atoms with van der Waals surface area (Å²) in [4.78, 5) is 43.7. The fraction of sp³-hybridized carbons (Fsp3) is 0.172. The summed E-state index contributed by atoms with van der Waals surface area (Å²) < 4.78 is 6.22. The van der Waals surface area contributed by atoms with E-state index in [4.69, 9.17) is 4.74 Å². The number of fused-ring (bicyclic) bond motifs is 2. The molecule has 4 aromatic rings. The van der Waals surface area contributed by atoms with Gasteiger partial charge in [0.1, 0.15) is 17.9 Å². The number of rotatable bonds is 5. The van der Waals surface area contributed by atoms with E-state index in [1.54, 1.807) is 30.3 Å². The molecular weight excluding hydrogens is 454 g/mol. The summed E-state index contributed by atoms with van der Waals surface area (Å²) in [7, 11) is 0. The molecule has 2 heterocycles. The zero-order valence-corrected chi connectivity index (χ0v) is 20.5. The van der Waals surface area contributed by atoms with Crippen LogP contribution in [0.25, 0.3) is 10.9 Å². The average Bonchev–Trinajstić information content (AvgIpc) is 3.11. The smallest absolute Gasteiger partial charge is 0.281 e. The number of hydrogen-bond donors (Lipinski definition) is 0. The van der Waals surface area contributed by atoms with Crippen molar-refractivity contribution >= 4 is 34.3 Å². The van der Waals surface area contributed by atoms with Crippen LogP contribution < -0.4 is 9.75 Å². The molecular formula is C29H25N3O4. The number of nitrogens with zero attached hydrogens (tertiary/aromatic N) is 3. The van der Waals surface area contributed by atoms with Crippen LogP contribution in [0.1, 0.15) is 50.0 Å². The molecule has 7 heteroatoms. The van der Waals surface area contributed by atoms with Gasteiger partial charge in [-0.2, -0.15) is 5.01 Å². The Morgan fingerprint density at radius 2 is 1.58 bits per heavy atom. The van der Waals surface area contributed by atoms with Crippen LogP contribution in [0.4, 0.5) is 5.69 Å². The molecule has 36 heavy (non-hydrogen) atoms. The van der Waals surface area contributed by atoms with Crippen LogP contribution in [0, 0.1) is 20.8 Å². The maximum Gasteiger partial charge on any atom is 0.281 e. The van der Waals surface area contributed by atoms with Gasteiger partial charge < -0.3 is 4.74 Å². The minimum atomic E-state index is -0.527. The van der Waals surface area contributed by atoms with Crippen molar-refractivity contribution < 1.29 is 19.1 Å². The lowest BCUT2D eigenvalue weighted by atomic mass is 10.0. The fourth-order valence-corrected chi connectivity index (χ4v) is 4.59. The number of ether oxygens (including phenoxy) is 1. The van der Waals surface area contributed by atoms with E-state index in [9.17, 15) is 14.4 Å². The fourth-order valence-electron chi connectivity index (χ4n) is 4.59. The van der Waals surface area contributed by atoms with Crippen molar-refractivity contribution in [2.45, 2.75) is 34.3 Å². The highest BCUT2D eigenvalue weighted by molar-refractivity contribution is 6.24. The van der Waals surface area contributed by atoms with Gasteiger partial charge in [-0.15, -0.1) is 0 Å². The van der Waals surface area contributed by atoms with Gasteiger partial charge in [0.15, 0.2) is 0 Å². The minimum absolute atomic E-state index is 0.230. The van der Waals surface area contributed by atoms with Crippen molar-refractivity contribution in [3.8, 4) is 5.75 Å². The maximum absolute atomic E-state index is 13.1. The van der Waals surface area contributed by atoms with E-state index in [0.717, 1.165) is 43.3 Å². The Kier molecular flexibility index (Phi) is 5.76. The highest BCUT2D eigenvalue weighted by Crippen LogP contribution is 2.33. The third-order valence-electron chi connectivity index (χ3n) is 6.50. The van der Waals surface area contributed by atoms with Crippen LogP contribution in [0.15, 0.2) is 66.7 Å². The number of imide groups is 1. The van der Waals surface area contributed by atoms with Gasteiger partial charge in [0.25, 0.3) is 11.8 Å². The molecule has 0 spiro atoms. The van der Waals surface area contributed by atoms with E-state index < -0.39 is 17.7 Å². The monoisotopic (exact) mass is 479 g/mol. The Morgan fingerprint density at radius 1 is 0.889 bits per heavy atom. The molecule has 0 fully saturated rings. The summed E-state index contributed by atoms with van der Waals surface area (Å²) in [5.41, 5.74) is 5.25. The second-order valence-electron chi connectivity index (χ2n) is 8.87. The van der Waals surface area contributed by atoms with Gasteiger partial charge in [-0.05, 0) is 67.8 Å². The first kappa shape index (κ1) is 23.2. The quantitative estimate of drug-likeness (QED) is 0.363. The minimum Gasteiger partial charge on any atom is -0.487 e. The summed E-state index contributed by atoms with van der Waals surface area (Å²) in [5.74, 6) is -0.845. The number of anilines is 1. The zero-order chi connectivity index (χ0) is 25.6. The summed E-state index contributed by atoms with van der Waals surface area (Å²) in [6.07, 6.45) is 0. The summed E-state index contributed by atoms with van der Waals surface area (Å²) in [6.45, 7) is 7.32. The molecule has 0 aliphatic carbocycles. The second kappa shape index (κ2) is 8.92. The van der Waals surface area contributed by atoms with Crippen LogP contribution in [-0.4, -0.2) is 27.7 Å². The molecule has 1 aliphatic heterocycles.